The van der Waals surface area contributed by atoms with E-state index in [1.165, 1.54) is 17.8 Å². The summed E-state index contributed by atoms with van der Waals surface area (Å²) in [7, 11) is 0. The zero-order valence-corrected chi connectivity index (χ0v) is 12.7. The molecule has 0 saturated carbocycles. The third-order valence-electron chi connectivity index (χ3n) is 3.87. The molecule has 20 heavy (non-hydrogen) atoms. The lowest BCUT2D eigenvalue weighted by Gasteiger charge is -2.30. The highest BCUT2D eigenvalue weighted by molar-refractivity contribution is 7.21. The fourth-order valence-corrected chi connectivity index (χ4v) is 3.87. The van der Waals surface area contributed by atoms with Gasteiger partial charge in [-0.15, -0.1) is 11.3 Å². The normalized spacial score (nSPS) is 19.5. The van der Waals surface area contributed by atoms with Crippen molar-refractivity contribution in [3.63, 3.8) is 0 Å². The van der Waals surface area contributed by atoms with Crippen molar-refractivity contribution >= 4 is 33.1 Å². The Morgan fingerprint density at radius 2 is 2.30 bits per heavy atom. The molecule has 1 fully saturated rings. The first-order valence-electron chi connectivity index (χ1n) is 7.01. The number of fused-ring (bicyclic) bond motifs is 1. The van der Waals surface area contributed by atoms with E-state index in [-0.39, 0.29) is 5.91 Å². The van der Waals surface area contributed by atoms with Crippen molar-refractivity contribution in [2.24, 2.45) is 5.92 Å². The van der Waals surface area contributed by atoms with Crippen LogP contribution in [0.1, 0.15) is 35.1 Å². The number of piperidine rings is 1. The third-order valence-corrected chi connectivity index (χ3v) is 4.97. The number of aromatic nitrogens is 1. The van der Waals surface area contributed by atoms with Crippen molar-refractivity contribution < 1.29 is 4.79 Å². The average Bonchev–Trinajstić information content (AvgIpc) is 2.74. The van der Waals surface area contributed by atoms with Crippen LogP contribution in [0.2, 0.25) is 0 Å². The molecule has 4 nitrogen and oxygen atoms in total. The Bertz CT molecular complexity index is 664. The van der Waals surface area contributed by atoms with E-state index in [4.69, 9.17) is 5.73 Å². The zero-order valence-electron chi connectivity index (χ0n) is 11.8. The molecule has 0 radical (unpaired) electrons. The predicted molar refractivity (Wildman–Crippen MR) is 83.1 cm³/mol. The van der Waals surface area contributed by atoms with Crippen molar-refractivity contribution in [1.29, 1.82) is 0 Å². The van der Waals surface area contributed by atoms with Crippen molar-refractivity contribution in [3.05, 3.63) is 22.7 Å². The Labute approximate surface area is 122 Å². The second kappa shape index (κ2) is 5.05. The Morgan fingerprint density at radius 1 is 1.50 bits per heavy atom. The molecule has 0 aromatic carbocycles. The zero-order chi connectivity index (χ0) is 14.3. The van der Waals surface area contributed by atoms with E-state index in [9.17, 15) is 4.79 Å². The van der Waals surface area contributed by atoms with Gasteiger partial charge in [0, 0.05) is 24.2 Å². The number of likely N-dealkylation sites (tertiary alicyclic amines) is 1. The molecular weight excluding hydrogens is 270 g/mol. The molecule has 0 spiro atoms. The molecule has 0 aliphatic carbocycles. The first kappa shape index (κ1) is 13.4. The first-order valence-corrected chi connectivity index (χ1v) is 7.83. The number of nitrogens with zero attached hydrogens (tertiary/aromatic N) is 2. The van der Waals surface area contributed by atoms with Gasteiger partial charge in [-0.1, -0.05) is 6.92 Å². The van der Waals surface area contributed by atoms with E-state index in [0.29, 0.717) is 16.5 Å². The summed E-state index contributed by atoms with van der Waals surface area (Å²) in [6.45, 7) is 5.81. The van der Waals surface area contributed by atoms with Gasteiger partial charge in [0.1, 0.15) is 9.71 Å². The SMILES string of the molecule is Cc1ccc2c(N)c(C(=O)N3CCCC(C)C3)sc2n1. The number of pyridine rings is 1. The molecule has 1 atom stereocenters. The van der Waals surface area contributed by atoms with Crippen molar-refractivity contribution in [2.45, 2.75) is 26.7 Å². The molecule has 3 rings (SSSR count). The highest BCUT2D eigenvalue weighted by Gasteiger charge is 2.26. The van der Waals surface area contributed by atoms with Crippen LogP contribution in [0.25, 0.3) is 10.2 Å². The van der Waals surface area contributed by atoms with Crippen molar-refractivity contribution in [3.8, 4) is 0 Å². The fourth-order valence-electron chi connectivity index (χ4n) is 2.77. The van der Waals surface area contributed by atoms with Crippen LogP contribution in [-0.2, 0) is 0 Å². The van der Waals surface area contributed by atoms with Gasteiger partial charge in [0.05, 0.1) is 5.69 Å². The van der Waals surface area contributed by atoms with Crippen LogP contribution in [0.3, 0.4) is 0 Å². The molecule has 2 aromatic rings. The molecule has 1 amide bonds. The molecule has 1 saturated heterocycles. The number of rotatable bonds is 1. The topological polar surface area (TPSA) is 59.2 Å². The molecule has 5 heteroatoms. The molecule has 2 N–H and O–H groups in total. The number of carbonyl (C=O) groups excluding carboxylic acids is 1. The van der Waals surface area contributed by atoms with E-state index in [1.807, 2.05) is 24.0 Å². The maximum Gasteiger partial charge on any atom is 0.266 e. The second-order valence-corrected chi connectivity index (χ2v) is 6.65. The lowest BCUT2D eigenvalue weighted by molar-refractivity contribution is 0.0689. The average molecular weight is 289 g/mol. The van der Waals surface area contributed by atoms with Gasteiger partial charge in [-0.05, 0) is 37.8 Å². The number of aryl methyl sites for hydroxylation is 1. The van der Waals surface area contributed by atoms with E-state index in [2.05, 4.69) is 11.9 Å². The highest BCUT2D eigenvalue weighted by Crippen LogP contribution is 2.34. The fraction of sp³-hybridized carbons (Fsp3) is 0.467. The molecule has 2 aromatic heterocycles. The molecule has 1 unspecified atom stereocenters. The Balaban J connectivity index is 1.97. The van der Waals surface area contributed by atoms with Crippen molar-refractivity contribution in [2.75, 3.05) is 18.8 Å². The minimum Gasteiger partial charge on any atom is -0.397 e. The lowest BCUT2D eigenvalue weighted by Crippen LogP contribution is -2.38. The van der Waals surface area contributed by atoms with Crippen LogP contribution in [-0.4, -0.2) is 28.9 Å². The summed E-state index contributed by atoms with van der Waals surface area (Å²) in [6.07, 6.45) is 2.28. The molecule has 106 valence electrons. The predicted octanol–water partition coefficient (Wildman–Crippen LogP) is 3.06. The summed E-state index contributed by atoms with van der Waals surface area (Å²) >= 11 is 1.41. The molecule has 3 heterocycles. The standard InChI is InChI=1S/C15H19N3OS/c1-9-4-3-7-18(8-9)15(19)13-12(16)11-6-5-10(2)17-14(11)20-13/h5-6,9H,3-4,7-8,16H2,1-2H3. The second-order valence-electron chi connectivity index (χ2n) is 5.65. The summed E-state index contributed by atoms with van der Waals surface area (Å²) in [5.41, 5.74) is 7.69. The molecule has 0 bridgehead atoms. The number of hydrogen-bond donors (Lipinski definition) is 1. The monoisotopic (exact) mass is 289 g/mol. The van der Waals surface area contributed by atoms with Gasteiger partial charge >= 0.3 is 0 Å². The minimum atomic E-state index is 0.0645. The maximum absolute atomic E-state index is 12.6. The first-order chi connectivity index (χ1) is 9.56. The third kappa shape index (κ3) is 2.26. The van der Waals surface area contributed by atoms with Crippen molar-refractivity contribution in [1.82, 2.24) is 9.88 Å². The Morgan fingerprint density at radius 3 is 3.05 bits per heavy atom. The number of carbonyl (C=O) groups is 1. The van der Waals surface area contributed by atoms with Crippen LogP contribution >= 0.6 is 11.3 Å². The molecule has 1 aliphatic heterocycles. The summed E-state index contributed by atoms with van der Waals surface area (Å²) in [5, 5.41) is 0.897. The number of nitrogen functional groups attached to an aromatic ring is 1. The Kier molecular flexibility index (Phi) is 3.38. The van der Waals surface area contributed by atoms with Gasteiger partial charge in [-0.2, -0.15) is 0 Å². The summed E-state index contributed by atoms with van der Waals surface area (Å²) < 4.78 is 0. The quantitative estimate of drug-likeness (QED) is 0.877. The lowest BCUT2D eigenvalue weighted by atomic mass is 10.0. The largest absolute Gasteiger partial charge is 0.397 e. The number of nitrogens with two attached hydrogens (primary N) is 1. The Hall–Kier alpha value is -1.62. The van der Waals surface area contributed by atoms with Gasteiger partial charge in [0.15, 0.2) is 0 Å². The van der Waals surface area contributed by atoms with Crippen LogP contribution < -0.4 is 5.73 Å². The van der Waals surface area contributed by atoms with Gasteiger partial charge < -0.3 is 10.6 Å². The summed E-state index contributed by atoms with van der Waals surface area (Å²) in [4.78, 5) is 20.6. The van der Waals surface area contributed by atoms with Gasteiger partial charge in [0.2, 0.25) is 0 Å². The number of anilines is 1. The summed E-state index contributed by atoms with van der Waals surface area (Å²) in [6, 6.07) is 3.89. The van der Waals surface area contributed by atoms with E-state index in [0.717, 1.165) is 35.4 Å². The maximum atomic E-state index is 12.6. The smallest absolute Gasteiger partial charge is 0.266 e. The highest BCUT2D eigenvalue weighted by atomic mass is 32.1. The van der Waals surface area contributed by atoms with Gasteiger partial charge in [-0.3, -0.25) is 4.79 Å². The summed E-state index contributed by atoms with van der Waals surface area (Å²) in [5.74, 6) is 0.637. The van der Waals surface area contributed by atoms with E-state index >= 15 is 0 Å². The number of amides is 1. The van der Waals surface area contributed by atoms with Gasteiger partial charge in [-0.25, -0.2) is 4.98 Å². The molecule has 1 aliphatic rings. The van der Waals surface area contributed by atoms with E-state index < -0.39 is 0 Å². The minimum absolute atomic E-state index is 0.0645. The number of thiophene rings is 1. The van der Waals surface area contributed by atoms with Crippen LogP contribution in [0.15, 0.2) is 12.1 Å². The van der Waals surface area contributed by atoms with Crippen LogP contribution in [0.4, 0.5) is 5.69 Å². The number of hydrogen-bond acceptors (Lipinski definition) is 4. The van der Waals surface area contributed by atoms with Gasteiger partial charge in [0.25, 0.3) is 5.91 Å². The molecular formula is C15H19N3OS. The van der Waals surface area contributed by atoms with Crippen LogP contribution in [0, 0.1) is 12.8 Å². The van der Waals surface area contributed by atoms with Crippen LogP contribution in [0.5, 0.6) is 0 Å². The van der Waals surface area contributed by atoms with E-state index in [1.54, 1.807) is 0 Å².